The molecule has 11 heteroatoms. The van der Waals surface area contributed by atoms with Crippen LogP contribution in [0.1, 0.15) is 76.9 Å². The molecule has 6 rings (SSSR count). The Kier molecular flexibility index (Phi) is 8.37. The summed E-state index contributed by atoms with van der Waals surface area (Å²) in [6.07, 6.45) is 3.77. The predicted octanol–water partition coefficient (Wildman–Crippen LogP) is 3.61. The maximum atomic E-state index is 14.5. The summed E-state index contributed by atoms with van der Waals surface area (Å²) in [7, 11) is 1.59. The first kappa shape index (κ1) is 30.1. The summed E-state index contributed by atoms with van der Waals surface area (Å²) < 4.78 is 6.53. The third kappa shape index (κ3) is 5.33. The summed E-state index contributed by atoms with van der Waals surface area (Å²) in [4.78, 5) is 71.1. The first-order valence-electron chi connectivity index (χ1n) is 15.4. The molecule has 0 bridgehead atoms. The number of likely N-dealkylation sites (tertiary alicyclic amines) is 1. The van der Waals surface area contributed by atoms with Crippen LogP contribution in [0.3, 0.4) is 0 Å². The lowest BCUT2D eigenvalue weighted by molar-refractivity contribution is -0.146. The third-order valence-electron chi connectivity index (χ3n) is 9.64. The van der Waals surface area contributed by atoms with Gasteiger partial charge in [-0.2, -0.15) is 0 Å². The topological polar surface area (TPSA) is 116 Å². The lowest BCUT2D eigenvalue weighted by atomic mass is 9.77. The summed E-state index contributed by atoms with van der Waals surface area (Å²) in [6.45, 7) is 2.80. The fourth-order valence-electron chi connectivity index (χ4n) is 7.34. The van der Waals surface area contributed by atoms with Crippen LogP contribution in [0.4, 0.5) is 0 Å². The zero-order chi connectivity index (χ0) is 31.1. The monoisotopic (exact) mass is 620 g/mol. The fraction of sp³-hybridized carbons (Fsp3) is 0.485. The highest BCUT2D eigenvalue weighted by Gasteiger charge is 2.45. The number of nitrogens with zero attached hydrogens (tertiary/aromatic N) is 3. The molecule has 2 aromatic rings. The van der Waals surface area contributed by atoms with Gasteiger partial charge in [0.05, 0.1) is 30.3 Å². The second-order valence-corrected chi connectivity index (χ2v) is 12.5. The van der Waals surface area contributed by atoms with Crippen LogP contribution >= 0.6 is 11.6 Å². The van der Waals surface area contributed by atoms with E-state index < -0.39 is 29.7 Å². The van der Waals surface area contributed by atoms with Crippen molar-refractivity contribution in [3.63, 3.8) is 0 Å². The van der Waals surface area contributed by atoms with Gasteiger partial charge in [0.1, 0.15) is 11.9 Å². The van der Waals surface area contributed by atoms with Crippen molar-refractivity contribution < 1.29 is 28.7 Å². The normalized spacial score (nSPS) is 24.7. The molecule has 44 heavy (non-hydrogen) atoms. The van der Waals surface area contributed by atoms with E-state index in [0.717, 1.165) is 18.4 Å². The second kappa shape index (κ2) is 12.2. The molecular weight excluding hydrogens is 584 g/mol. The quantitative estimate of drug-likeness (QED) is 0.493. The molecule has 2 aromatic carbocycles. The average Bonchev–Trinajstić information content (AvgIpc) is 3.61. The number of ether oxygens (including phenoxy) is 1. The molecule has 3 heterocycles. The summed E-state index contributed by atoms with van der Waals surface area (Å²) in [5.74, 6) is -1.61. The number of carbonyl (C=O) groups excluding carboxylic acids is 5. The van der Waals surface area contributed by atoms with Crippen LogP contribution in [0.15, 0.2) is 36.4 Å². The summed E-state index contributed by atoms with van der Waals surface area (Å²) >= 11 is 6.76. The molecule has 0 aromatic heterocycles. The van der Waals surface area contributed by atoms with E-state index in [-0.39, 0.29) is 30.4 Å². The van der Waals surface area contributed by atoms with E-state index in [2.05, 4.69) is 5.32 Å². The number of hydrogen-bond acceptors (Lipinski definition) is 6. The van der Waals surface area contributed by atoms with Crippen LogP contribution in [-0.4, -0.2) is 83.6 Å². The van der Waals surface area contributed by atoms with Gasteiger partial charge in [-0.25, -0.2) is 0 Å². The molecule has 0 spiro atoms. The Morgan fingerprint density at radius 2 is 1.64 bits per heavy atom. The number of benzene rings is 2. The standard InChI is InChI=1S/C33H37ClN4O6/c1-19(39)36-15-13-20(17-36)44-28-12-11-26(34)25-14-16-37(31(41)22-8-4-3-7-21(22)30(40)35-2)27(29(25)28)18-38-32(42)23-9-5-6-10-24(23)33(38)43/h5-6,9-12,20-22,27H,3-4,7-8,13-18H2,1-2H3,(H,35,40)/t20?,21-,22?,27-/m1/s1. The molecular formula is C33H37ClN4O6. The van der Waals surface area contributed by atoms with Gasteiger partial charge in [-0.3, -0.25) is 28.9 Å². The summed E-state index contributed by atoms with van der Waals surface area (Å²) in [6, 6.07) is 9.52. The van der Waals surface area contributed by atoms with Gasteiger partial charge in [-0.15, -0.1) is 0 Å². The number of fused-ring (bicyclic) bond motifs is 2. The predicted molar refractivity (Wildman–Crippen MR) is 162 cm³/mol. The number of rotatable bonds is 6. The minimum absolute atomic E-state index is 0.0207. The average molecular weight is 621 g/mol. The summed E-state index contributed by atoms with van der Waals surface area (Å²) in [5.41, 5.74) is 2.14. The highest BCUT2D eigenvalue weighted by atomic mass is 35.5. The zero-order valence-electron chi connectivity index (χ0n) is 25.0. The molecule has 2 fully saturated rings. The number of carbonyl (C=O) groups is 5. The van der Waals surface area contributed by atoms with Crippen LogP contribution in [0.5, 0.6) is 5.75 Å². The van der Waals surface area contributed by atoms with Crippen molar-refractivity contribution in [1.29, 1.82) is 0 Å². The molecule has 4 aliphatic rings. The van der Waals surface area contributed by atoms with E-state index in [1.807, 2.05) is 0 Å². The molecule has 5 amide bonds. The van der Waals surface area contributed by atoms with E-state index in [1.165, 1.54) is 11.8 Å². The molecule has 0 radical (unpaired) electrons. The van der Waals surface area contributed by atoms with Crippen LogP contribution in [0.25, 0.3) is 0 Å². The largest absolute Gasteiger partial charge is 0.488 e. The van der Waals surface area contributed by atoms with Crippen LogP contribution in [0, 0.1) is 11.8 Å². The van der Waals surface area contributed by atoms with Crippen molar-refractivity contribution in [3.8, 4) is 5.75 Å². The van der Waals surface area contributed by atoms with Crippen molar-refractivity contribution in [1.82, 2.24) is 20.0 Å². The molecule has 1 saturated carbocycles. The highest BCUT2D eigenvalue weighted by molar-refractivity contribution is 6.31. The number of hydrogen-bond donors (Lipinski definition) is 1. The Morgan fingerprint density at radius 1 is 0.955 bits per heavy atom. The third-order valence-corrected chi connectivity index (χ3v) is 9.99. The SMILES string of the molecule is CNC(=O)[C@@H]1CCCCC1C(=O)N1CCc2c(Cl)ccc(OC3CCN(C(C)=O)C3)c2[C@H]1CN1C(=O)c2ccccc2C1=O. The number of imide groups is 1. The van der Waals surface area contributed by atoms with Gasteiger partial charge in [0, 0.05) is 55.9 Å². The lowest BCUT2D eigenvalue weighted by Crippen LogP contribution is -2.51. The fourth-order valence-corrected chi connectivity index (χ4v) is 7.60. The highest BCUT2D eigenvalue weighted by Crippen LogP contribution is 2.44. The minimum Gasteiger partial charge on any atom is -0.488 e. The van der Waals surface area contributed by atoms with Crippen molar-refractivity contribution in [2.45, 2.75) is 57.6 Å². The van der Waals surface area contributed by atoms with Gasteiger partial charge in [0.25, 0.3) is 11.8 Å². The van der Waals surface area contributed by atoms with Crippen LogP contribution in [0.2, 0.25) is 5.02 Å². The van der Waals surface area contributed by atoms with Crippen molar-refractivity contribution in [2.75, 3.05) is 33.2 Å². The Morgan fingerprint density at radius 3 is 2.27 bits per heavy atom. The molecule has 4 atom stereocenters. The maximum absolute atomic E-state index is 14.5. The van der Waals surface area contributed by atoms with Gasteiger partial charge in [-0.05, 0) is 49.1 Å². The van der Waals surface area contributed by atoms with E-state index >= 15 is 0 Å². The van der Waals surface area contributed by atoms with Gasteiger partial charge >= 0.3 is 0 Å². The van der Waals surface area contributed by atoms with Crippen LogP contribution in [-0.2, 0) is 20.8 Å². The summed E-state index contributed by atoms with van der Waals surface area (Å²) in [5, 5.41) is 3.24. The number of nitrogens with one attached hydrogen (secondary N) is 1. The first-order valence-corrected chi connectivity index (χ1v) is 15.8. The van der Waals surface area contributed by atoms with E-state index in [4.69, 9.17) is 16.3 Å². The Bertz CT molecular complexity index is 1490. The maximum Gasteiger partial charge on any atom is 0.261 e. The number of amides is 5. The first-order chi connectivity index (χ1) is 21.2. The Labute approximate surface area is 261 Å². The van der Waals surface area contributed by atoms with Crippen molar-refractivity contribution >= 4 is 41.1 Å². The van der Waals surface area contributed by atoms with E-state index in [9.17, 15) is 24.0 Å². The molecule has 1 N–H and O–H groups in total. The van der Waals surface area contributed by atoms with Crippen molar-refractivity contribution in [3.05, 3.63) is 63.7 Å². The van der Waals surface area contributed by atoms with Gasteiger partial charge in [-0.1, -0.05) is 36.6 Å². The van der Waals surface area contributed by atoms with Crippen molar-refractivity contribution in [2.24, 2.45) is 11.8 Å². The van der Waals surface area contributed by atoms with Gasteiger partial charge < -0.3 is 19.9 Å². The Balaban J connectivity index is 1.40. The molecule has 1 saturated heterocycles. The van der Waals surface area contributed by atoms with Crippen LogP contribution < -0.4 is 10.1 Å². The minimum atomic E-state index is -0.736. The van der Waals surface area contributed by atoms with Gasteiger partial charge in [0.15, 0.2) is 0 Å². The second-order valence-electron chi connectivity index (χ2n) is 12.1. The smallest absolute Gasteiger partial charge is 0.261 e. The Hall–Kier alpha value is -3.92. The lowest BCUT2D eigenvalue weighted by Gasteiger charge is -2.43. The molecule has 232 valence electrons. The van der Waals surface area contributed by atoms with E-state index in [0.29, 0.717) is 72.8 Å². The molecule has 2 unspecified atom stereocenters. The molecule has 10 nitrogen and oxygen atoms in total. The molecule has 1 aliphatic carbocycles. The van der Waals surface area contributed by atoms with Gasteiger partial charge in [0.2, 0.25) is 17.7 Å². The zero-order valence-corrected chi connectivity index (χ0v) is 25.8. The van der Waals surface area contributed by atoms with E-state index in [1.54, 1.807) is 53.2 Å². The number of halogens is 1. The molecule has 3 aliphatic heterocycles.